The second-order valence-electron chi connectivity index (χ2n) is 4.63. The molecule has 0 bridgehead atoms. The average molecular weight is 224 g/mol. The van der Waals surface area contributed by atoms with Crippen molar-refractivity contribution in [2.75, 3.05) is 0 Å². The minimum Gasteiger partial charge on any atom is -0.491 e. The Morgan fingerprint density at radius 3 is 2.62 bits per heavy atom. The van der Waals surface area contributed by atoms with Gasteiger partial charge >= 0.3 is 0 Å². The normalized spacial score (nSPS) is 17.6. The lowest BCUT2D eigenvalue weighted by atomic mass is 10.0. The van der Waals surface area contributed by atoms with E-state index in [0.717, 1.165) is 12.8 Å². The average Bonchev–Trinajstić information content (AvgIpc) is 3.02. The molecule has 1 saturated carbocycles. The molecular weight excluding hydrogens is 207 g/mol. The molecule has 2 nitrogen and oxygen atoms in total. The summed E-state index contributed by atoms with van der Waals surface area (Å²) in [6.07, 6.45) is 1.33. The van der Waals surface area contributed by atoms with Crippen molar-refractivity contribution < 1.29 is 14.2 Å². The van der Waals surface area contributed by atoms with Crippen molar-refractivity contribution in [3.8, 4) is 5.75 Å². The highest BCUT2D eigenvalue weighted by Crippen LogP contribution is 2.42. The van der Waals surface area contributed by atoms with Crippen LogP contribution in [0.5, 0.6) is 5.75 Å². The van der Waals surface area contributed by atoms with Crippen LogP contribution in [-0.4, -0.2) is 11.2 Å². The molecule has 88 valence electrons. The number of ether oxygens (including phenoxy) is 1. The first-order valence-electron chi connectivity index (χ1n) is 5.72. The van der Waals surface area contributed by atoms with Gasteiger partial charge in [0.05, 0.1) is 12.2 Å². The van der Waals surface area contributed by atoms with Crippen LogP contribution in [0.15, 0.2) is 18.2 Å². The van der Waals surface area contributed by atoms with Gasteiger partial charge in [0, 0.05) is 5.56 Å². The van der Waals surface area contributed by atoms with Gasteiger partial charge in [-0.25, -0.2) is 4.39 Å². The second kappa shape index (κ2) is 4.42. The van der Waals surface area contributed by atoms with Crippen LogP contribution in [0.25, 0.3) is 0 Å². The third-order valence-electron chi connectivity index (χ3n) is 2.73. The summed E-state index contributed by atoms with van der Waals surface area (Å²) in [6, 6.07) is 4.56. The van der Waals surface area contributed by atoms with Gasteiger partial charge in [-0.3, -0.25) is 0 Å². The van der Waals surface area contributed by atoms with E-state index in [1.807, 2.05) is 13.8 Å². The van der Waals surface area contributed by atoms with Crippen LogP contribution in [0.2, 0.25) is 0 Å². The molecule has 0 saturated heterocycles. The molecule has 16 heavy (non-hydrogen) atoms. The Morgan fingerprint density at radius 1 is 1.38 bits per heavy atom. The Bertz CT molecular complexity index is 372. The molecule has 0 aliphatic heterocycles. The number of hydrogen-bond donors (Lipinski definition) is 1. The predicted octanol–water partition coefficient (Wildman–Crippen LogP) is 3.06. The van der Waals surface area contributed by atoms with E-state index >= 15 is 0 Å². The largest absolute Gasteiger partial charge is 0.491 e. The molecule has 1 aromatic rings. The van der Waals surface area contributed by atoms with Gasteiger partial charge in [0.15, 0.2) is 0 Å². The summed E-state index contributed by atoms with van der Waals surface area (Å²) in [7, 11) is 0. The zero-order valence-corrected chi connectivity index (χ0v) is 9.61. The molecule has 0 spiro atoms. The summed E-state index contributed by atoms with van der Waals surface area (Å²) >= 11 is 0. The van der Waals surface area contributed by atoms with E-state index in [1.165, 1.54) is 6.07 Å². The molecule has 1 unspecified atom stereocenters. The maximum Gasteiger partial charge on any atom is 0.129 e. The van der Waals surface area contributed by atoms with E-state index in [4.69, 9.17) is 4.74 Å². The Balaban J connectivity index is 2.21. The number of benzene rings is 1. The first kappa shape index (κ1) is 11.4. The third kappa shape index (κ3) is 2.53. The minimum atomic E-state index is -0.685. The fourth-order valence-electron chi connectivity index (χ4n) is 1.76. The van der Waals surface area contributed by atoms with E-state index in [1.54, 1.807) is 12.1 Å². The highest BCUT2D eigenvalue weighted by atomic mass is 19.1. The van der Waals surface area contributed by atoms with Crippen LogP contribution in [0, 0.1) is 11.7 Å². The van der Waals surface area contributed by atoms with Crippen molar-refractivity contribution in [1.29, 1.82) is 0 Å². The Labute approximate surface area is 95.1 Å². The Kier molecular flexibility index (Phi) is 3.15. The molecule has 0 amide bonds. The molecular formula is C13H17FO2. The highest BCUT2D eigenvalue weighted by Gasteiger charge is 2.32. The lowest BCUT2D eigenvalue weighted by Crippen LogP contribution is -2.08. The van der Waals surface area contributed by atoms with Crippen LogP contribution in [0.1, 0.15) is 38.4 Å². The van der Waals surface area contributed by atoms with Gasteiger partial charge in [-0.15, -0.1) is 0 Å². The Hall–Kier alpha value is -1.09. The topological polar surface area (TPSA) is 29.5 Å². The summed E-state index contributed by atoms with van der Waals surface area (Å²) in [5.41, 5.74) is 0.362. The van der Waals surface area contributed by atoms with E-state index in [2.05, 4.69) is 0 Å². The van der Waals surface area contributed by atoms with E-state index in [-0.39, 0.29) is 17.8 Å². The summed E-state index contributed by atoms with van der Waals surface area (Å²) in [4.78, 5) is 0. The molecule has 3 heteroatoms. The molecule has 1 aromatic carbocycles. The van der Waals surface area contributed by atoms with Crippen LogP contribution < -0.4 is 4.74 Å². The van der Waals surface area contributed by atoms with Crippen LogP contribution in [0.4, 0.5) is 4.39 Å². The molecule has 0 radical (unpaired) electrons. The first-order valence-corrected chi connectivity index (χ1v) is 5.72. The minimum absolute atomic E-state index is 0.0522. The standard InChI is InChI=1S/C13H17FO2/c1-8(2)16-10-5-6-12(14)11(7-10)13(15)9-3-4-9/h5-9,13,15H,3-4H2,1-2H3. The fraction of sp³-hybridized carbons (Fsp3) is 0.538. The van der Waals surface area contributed by atoms with Gasteiger partial charge in [0.2, 0.25) is 0 Å². The van der Waals surface area contributed by atoms with Crippen molar-refractivity contribution >= 4 is 0 Å². The van der Waals surface area contributed by atoms with Crippen LogP contribution >= 0.6 is 0 Å². The molecule has 0 heterocycles. The maximum atomic E-state index is 13.5. The summed E-state index contributed by atoms with van der Waals surface area (Å²) in [6.45, 7) is 3.83. The molecule has 2 rings (SSSR count). The molecule has 1 aliphatic rings. The van der Waals surface area contributed by atoms with Gasteiger partial charge in [-0.2, -0.15) is 0 Å². The molecule has 1 N–H and O–H groups in total. The van der Waals surface area contributed by atoms with Crippen LogP contribution in [0.3, 0.4) is 0 Å². The quantitative estimate of drug-likeness (QED) is 0.851. The smallest absolute Gasteiger partial charge is 0.129 e. The van der Waals surface area contributed by atoms with Gasteiger partial charge in [-0.1, -0.05) is 0 Å². The number of hydrogen-bond acceptors (Lipinski definition) is 2. The first-order chi connectivity index (χ1) is 7.58. The monoisotopic (exact) mass is 224 g/mol. The van der Waals surface area contributed by atoms with Gasteiger partial charge in [0.1, 0.15) is 11.6 Å². The van der Waals surface area contributed by atoms with Crippen molar-refractivity contribution in [2.45, 2.75) is 38.9 Å². The molecule has 0 aromatic heterocycles. The lowest BCUT2D eigenvalue weighted by molar-refractivity contribution is 0.148. The molecule has 1 fully saturated rings. The van der Waals surface area contributed by atoms with Crippen LogP contribution in [-0.2, 0) is 0 Å². The lowest BCUT2D eigenvalue weighted by Gasteiger charge is -2.14. The predicted molar refractivity (Wildman–Crippen MR) is 59.8 cm³/mol. The third-order valence-corrected chi connectivity index (χ3v) is 2.73. The number of aliphatic hydroxyl groups excluding tert-OH is 1. The Morgan fingerprint density at radius 2 is 2.06 bits per heavy atom. The second-order valence-corrected chi connectivity index (χ2v) is 4.63. The number of halogens is 1. The molecule has 1 aliphatic carbocycles. The van der Waals surface area contributed by atoms with Crippen molar-refractivity contribution in [3.63, 3.8) is 0 Å². The maximum absolute atomic E-state index is 13.5. The summed E-state index contributed by atoms with van der Waals surface area (Å²) in [5.74, 6) is 0.491. The van der Waals surface area contributed by atoms with E-state index in [0.29, 0.717) is 11.3 Å². The highest BCUT2D eigenvalue weighted by molar-refractivity contribution is 5.32. The van der Waals surface area contributed by atoms with Gasteiger partial charge in [-0.05, 0) is 50.8 Å². The molecule has 1 atom stereocenters. The van der Waals surface area contributed by atoms with Gasteiger partial charge in [0.25, 0.3) is 0 Å². The van der Waals surface area contributed by atoms with E-state index in [9.17, 15) is 9.50 Å². The number of aliphatic hydroxyl groups is 1. The summed E-state index contributed by atoms with van der Waals surface area (Å²) in [5, 5.41) is 9.90. The number of rotatable bonds is 4. The van der Waals surface area contributed by atoms with E-state index < -0.39 is 6.10 Å². The fourth-order valence-corrected chi connectivity index (χ4v) is 1.76. The SMILES string of the molecule is CC(C)Oc1ccc(F)c(C(O)C2CC2)c1. The zero-order chi connectivity index (χ0) is 11.7. The zero-order valence-electron chi connectivity index (χ0n) is 9.61. The van der Waals surface area contributed by atoms with Crippen molar-refractivity contribution in [3.05, 3.63) is 29.6 Å². The van der Waals surface area contributed by atoms with Crippen molar-refractivity contribution in [1.82, 2.24) is 0 Å². The van der Waals surface area contributed by atoms with Crippen molar-refractivity contribution in [2.24, 2.45) is 5.92 Å². The van der Waals surface area contributed by atoms with Gasteiger partial charge < -0.3 is 9.84 Å². The summed E-state index contributed by atoms with van der Waals surface area (Å²) < 4.78 is 19.0.